The zero-order valence-electron chi connectivity index (χ0n) is 11.7. The molecule has 0 aliphatic rings. The van der Waals surface area contributed by atoms with E-state index in [1.807, 2.05) is 19.1 Å². The fourth-order valence-electron chi connectivity index (χ4n) is 2.13. The van der Waals surface area contributed by atoms with Gasteiger partial charge in [0.2, 0.25) is 0 Å². The van der Waals surface area contributed by atoms with Crippen LogP contribution in [-0.2, 0) is 0 Å². The van der Waals surface area contributed by atoms with E-state index in [9.17, 15) is 4.79 Å². The van der Waals surface area contributed by atoms with Crippen LogP contribution in [0.2, 0.25) is 5.02 Å². The fraction of sp³-hybridized carbons (Fsp3) is 0.533. The van der Waals surface area contributed by atoms with Gasteiger partial charge in [-0.25, -0.2) is 0 Å². The highest BCUT2D eigenvalue weighted by molar-refractivity contribution is 6.31. The molecule has 19 heavy (non-hydrogen) atoms. The maximum atomic E-state index is 12.0. The normalized spacial score (nSPS) is 12.5. The van der Waals surface area contributed by atoms with E-state index in [1.165, 1.54) is 0 Å². The third-order valence-corrected chi connectivity index (χ3v) is 4.05. The van der Waals surface area contributed by atoms with Gasteiger partial charge in [-0.2, -0.15) is 0 Å². The third-order valence-electron chi connectivity index (χ3n) is 3.32. The molecule has 4 heteroatoms. The molecule has 0 aromatic heterocycles. The quantitative estimate of drug-likeness (QED) is 0.774. The van der Waals surface area contributed by atoms with Gasteiger partial charge in [-0.05, 0) is 36.6 Å². The second-order valence-electron chi connectivity index (χ2n) is 4.82. The number of rotatable bonds is 6. The number of hydrogen-bond acceptors (Lipinski definition) is 1. The Labute approximate surface area is 125 Å². The molecular weight excluding hydrogens is 281 g/mol. The molecule has 1 N–H and O–H groups in total. The number of nitrogens with one attached hydrogen (secondary N) is 1. The Hall–Kier alpha value is -0.730. The maximum Gasteiger partial charge on any atom is 0.251 e. The smallest absolute Gasteiger partial charge is 0.251 e. The van der Waals surface area contributed by atoms with Crippen LogP contribution >= 0.6 is 23.2 Å². The molecule has 1 aromatic carbocycles. The van der Waals surface area contributed by atoms with Gasteiger partial charge in [0.15, 0.2) is 0 Å². The lowest BCUT2D eigenvalue weighted by molar-refractivity contribution is 0.0951. The van der Waals surface area contributed by atoms with E-state index in [0.29, 0.717) is 23.0 Å². The van der Waals surface area contributed by atoms with Crippen molar-refractivity contribution in [3.8, 4) is 0 Å². The van der Waals surface area contributed by atoms with Crippen LogP contribution in [0.1, 0.15) is 42.6 Å². The number of alkyl halides is 1. The van der Waals surface area contributed by atoms with Crippen LogP contribution in [0.4, 0.5) is 0 Å². The van der Waals surface area contributed by atoms with Crippen molar-refractivity contribution in [2.75, 3.05) is 6.54 Å². The van der Waals surface area contributed by atoms with E-state index in [4.69, 9.17) is 23.2 Å². The van der Waals surface area contributed by atoms with E-state index >= 15 is 0 Å². The summed E-state index contributed by atoms with van der Waals surface area (Å²) in [5, 5.41) is 3.42. The first-order valence-electron chi connectivity index (χ1n) is 6.67. The number of carbonyl (C=O) groups excluding carboxylic acids is 1. The van der Waals surface area contributed by atoms with E-state index in [2.05, 4.69) is 19.2 Å². The Bertz CT molecular complexity index is 410. The second-order valence-corrected chi connectivity index (χ2v) is 5.82. The summed E-state index contributed by atoms with van der Waals surface area (Å²) in [5.74, 6) is 0.310. The van der Waals surface area contributed by atoms with Crippen LogP contribution in [0.3, 0.4) is 0 Å². The molecule has 0 spiro atoms. The molecule has 0 fully saturated rings. The zero-order chi connectivity index (χ0) is 14.4. The summed E-state index contributed by atoms with van der Waals surface area (Å²) in [6.45, 7) is 6.63. The Balaban J connectivity index is 2.60. The van der Waals surface area contributed by atoms with E-state index in [-0.39, 0.29) is 11.3 Å². The van der Waals surface area contributed by atoms with Crippen LogP contribution < -0.4 is 5.32 Å². The average Bonchev–Trinajstić information content (AvgIpc) is 2.36. The number of carbonyl (C=O) groups is 1. The van der Waals surface area contributed by atoms with Gasteiger partial charge < -0.3 is 5.32 Å². The molecule has 0 radical (unpaired) electrons. The lowest BCUT2D eigenvalue weighted by Gasteiger charge is -2.19. The molecule has 0 saturated carbocycles. The van der Waals surface area contributed by atoms with Crippen molar-refractivity contribution in [2.24, 2.45) is 5.92 Å². The van der Waals surface area contributed by atoms with Crippen molar-refractivity contribution in [3.05, 3.63) is 34.3 Å². The minimum Gasteiger partial charge on any atom is -0.351 e. The van der Waals surface area contributed by atoms with Crippen molar-refractivity contribution in [2.45, 2.75) is 39.0 Å². The minimum absolute atomic E-state index is 0.0285. The second kappa shape index (κ2) is 7.76. The van der Waals surface area contributed by atoms with Crippen molar-refractivity contribution >= 4 is 29.1 Å². The third kappa shape index (κ3) is 5.04. The summed E-state index contributed by atoms with van der Waals surface area (Å²) in [6, 6.07) is 5.32. The van der Waals surface area contributed by atoms with Gasteiger partial charge in [-0.15, -0.1) is 11.6 Å². The van der Waals surface area contributed by atoms with Crippen molar-refractivity contribution in [1.29, 1.82) is 0 Å². The van der Waals surface area contributed by atoms with E-state index in [1.54, 1.807) is 6.07 Å². The predicted molar refractivity (Wildman–Crippen MR) is 82.2 cm³/mol. The van der Waals surface area contributed by atoms with Crippen LogP contribution in [0, 0.1) is 12.8 Å². The first-order chi connectivity index (χ1) is 8.97. The number of amides is 1. The molecule has 1 rings (SSSR count). The molecule has 1 amide bonds. The highest BCUT2D eigenvalue weighted by Gasteiger charge is 2.17. The minimum atomic E-state index is -0.123. The lowest BCUT2D eigenvalue weighted by atomic mass is 9.99. The summed E-state index contributed by atoms with van der Waals surface area (Å²) < 4.78 is 0. The number of halogens is 2. The van der Waals surface area contributed by atoms with Gasteiger partial charge in [0.1, 0.15) is 0 Å². The molecule has 106 valence electrons. The molecular formula is C15H21Cl2NO. The standard InChI is InChI=1S/C15H21Cl2NO/c1-4-11(5-2)14(17)9-18-15(19)12-6-10(3)7-13(16)8-12/h6-8,11,14H,4-5,9H2,1-3H3,(H,18,19). The van der Waals surface area contributed by atoms with Crippen molar-refractivity contribution < 1.29 is 4.79 Å². The molecule has 0 saturated heterocycles. The van der Waals surface area contributed by atoms with Gasteiger partial charge >= 0.3 is 0 Å². The molecule has 0 bridgehead atoms. The molecule has 1 atom stereocenters. The van der Waals surface area contributed by atoms with Gasteiger partial charge in [0.05, 0.1) is 5.38 Å². The number of benzene rings is 1. The Morgan fingerprint density at radius 3 is 2.42 bits per heavy atom. The zero-order valence-corrected chi connectivity index (χ0v) is 13.2. The first kappa shape index (κ1) is 16.3. The average molecular weight is 302 g/mol. The Morgan fingerprint density at radius 1 is 1.26 bits per heavy atom. The van der Waals surface area contributed by atoms with E-state index < -0.39 is 0 Å². The summed E-state index contributed by atoms with van der Waals surface area (Å²) >= 11 is 12.2. The van der Waals surface area contributed by atoms with Crippen molar-refractivity contribution in [3.63, 3.8) is 0 Å². The summed E-state index contributed by atoms with van der Waals surface area (Å²) in [4.78, 5) is 12.0. The van der Waals surface area contributed by atoms with Crippen LogP contribution in [0.5, 0.6) is 0 Å². The number of hydrogen-bond donors (Lipinski definition) is 1. The summed E-state index contributed by atoms with van der Waals surface area (Å²) in [7, 11) is 0. The largest absolute Gasteiger partial charge is 0.351 e. The van der Waals surface area contributed by atoms with Crippen LogP contribution in [0.25, 0.3) is 0 Å². The highest BCUT2D eigenvalue weighted by Crippen LogP contribution is 2.18. The molecule has 0 aliphatic heterocycles. The fourth-order valence-corrected chi connectivity index (χ4v) is 2.85. The topological polar surface area (TPSA) is 29.1 Å². The predicted octanol–water partition coefficient (Wildman–Crippen LogP) is 4.42. The maximum absolute atomic E-state index is 12.0. The van der Waals surface area contributed by atoms with Crippen LogP contribution in [0.15, 0.2) is 18.2 Å². The SMILES string of the molecule is CCC(CC)C(Cl)CNC(=O)c1cc(C)cc(Cl)c1. The van der Waals surface area contributed by atoms with Gasteiger partial charge in [0, 0.05) is 17.1 Å². The van der Waals surface area contributed by atoms with Gasteiger partial charge in [-0.1, -0.05) is 38.3 Å². The van der Waals surface area contributed by atoms with Crippen molar-refractivity contribution in [1.82, 2.24) is 5.32 Å². The van der Waals surface area contributed by atoms with Crippen LogP contribution in [-0.4, -0.2) is 17.8 Å². The Kier molecular flexibility index (Phi) is 6.67. The lowest BCUT2D eigenvalue weighted by Crippen LogP contribution is -2.33. The summed E-state index contributed by atoms with van der Waals surface area (Å²) in [5.41, 5.74) is 1.55. The monoisotopic (exact) mass is 301 g/mol. The van der Waals surface area contributed by atoms with Gasteiger partial charge in [-0.3, -0.25) is 4.79 Å². The Morgan fingerprint density at radius 2 is 1.89 bits per heavy atom. The summed E-state index contributed by atoms with van der Waals surface area (Å²) in [6.07, 6.45) is 2.05. The molecule has 0 aliphatic carbocycles. The number of aryl methyl sites for hydroxylation is 1. The molecule has 1 unspecified atom stereocenters. The molecule has 2 nitrogen and oxygen atoms in total. The molecule has 0 heterocycles. The van der Waals surface area contributed by atoms with Gasteiger partial charge in [0.25, 0.3) is 5.91 Å². The first-order valence-corrected chi connectivity index (χ1v) is 7.48. The highest BCUT2D eigenvalue weighted by atomic mass is 35.5. The molecule has 1 aromatic rings. The van der Waals surface area contributed by atoms with E-state index in [0.717, 1.165) is 18.4 Å².